The molecule has 0 saturated carbocycles. The second-order valence-corrected chi connectivity index (χ2v) is 6.50. The molecule has 0 aromatic rings. The molecule has 0 rings (SSSR count). The average molecular weight is 246 g/mol. The molecule has 0 aliphatic rings. The van der Waals surface area contributed by atoms with Crippen LogP contribution in [0.5, 0.6) is 0 Å². The molecule has 1 N–H and O–H groups in total. The fourth-order valence-corrected chi connectivity index (χ4v) is 2.41. The van der Waals surface area contributed by atoms with Crippen LogP contribution in [0.15, 0.2) is 12.7 Å². The predicted molar refractivity (Wildman–Crippen MR) is 74.4 cm³/mol. The van der Waals surface area contributed by atoms with Gasteiger partial charge in [0.25, 0.3) is 0 Å². The van der Waals surface area contributed by atoms with E-state index in [4.69, 9.17) is 12.2 Å². The van der Waals surface area contributed by atoms with E-state index in [2.05, 4.69) is 13.5 Å². The molecule has 1 nitrogen and oxygen atoms in total. The molecule has 0 heterocycles. The second kappa shape index (κ2) is 6.02. The number of rotatable bonds is 4. The lowest BCUT2D eigenvalue weighted by Crippen LogP contribution is -2.39. The van der Waals surface area contributed by atoms with E-state index in [1.807, 2.05) is 33.1 Å². The molecule has 0 amide bonds. The first-order chi connectivity index (χ1) is 6.75. The van der Waals surface area contributed by atoms with E-state index in [0.717, 1.165) is 4.20 Å². The van der Waals surface area contributed by atoms with Gasteiger partial charge >= 0.3 is 0 Å². The van der Waals surface area contributed by atoms with Crippen molar-refractivity contribution in [2.45, 2.75) is 33.8 Å². The van der Waals surface area contributed by atoms with E-state index >= 15 is 0 Å². The smallest absolute Gasteiger partial charge is 0.0675 e. The summed E-state index contributed by atoms with van der Waals surface area (Å²) in [6, 6.07) is 0. The van der Waals surface area contributed by atoms with Crippen molar-refractivity contribution in [1.82, 2.24) is 0 Å². The van der Waals surface area contributed by atoms with Crippen LogP contribution in [0.25, 0.3) is 0 Å². The summed E-state index contributed by atoms with van der Waals surface area (Å²) in [4.78, 5) is 0. The number of thiocarbonyl (C=S) groups is 1. The van der Waals surface area contributed by atoms with Crippen LogP contribution >= 0.6 is 24.0 Å². The van der Waals surface area contributed by atoms with Crippen LogP contribution < -0.4 is 0 Å². The van der Waals surface area contributed by atoms with Gasteiger partial charge in [-0.2, -0.15) is 0 Å². The molecule has 0 spiro atoms. The molecule has 88 valence electrons. The van der Waals surface area contributed by atoms with Crippen LogP contribution in [0.3, 0.4) is 0 Å². The van der Waals surface area contributed by atoms with Crippen LogP contribution in [0, 0.1) is 17.3 Å². The van der Waals surface area contributed by atoms with Gasteiger partial charge in [-0.25, -0.2) is 0 Å². The zero-order valence-electron chi connectivity index (χ0n) is 10.3. The Morgan fingerprint density at radius 2 is 1.93 bits per heavy atom. The van der Waals surface area contributed by atoms with Gasteiger partial charge in [0.1, 0.15) is 0 Å². The highest BCUT2D eigenvalue weighted by atomic mass is 32.2. The molecule has 0 aliphatic carbocycles. The summed E-state index contributed by atoms with van der Waals surface area (Å²) in [5.41, 5.74) is -0.151. The monoisotopic (exact) mass is 246 g/mol. The fraction of sp³-hybridized carbons (Fsp3) is 0.750. The van der Waals surface area contributed by atoms with Gasteiger partial charge in [0, 0.05) is 5.92 Å². The highest BCUT2D eigenvalue weighted by Gasteiger charge is 2.35. The first-order valence-corrected chi connectivity index (χ1v) is 6.77. The van der Waals surface area contributed by atoms with Gasteiger partial charge in [0.15, 0.2) is 0 Å². The number of aliphatic hydroxyl groups is 1. The van der Waals surface area contributed by atoms with Crippen LogP contribution in [0.1, 0.15) is 27.7 Å². The largest absolute Gasteiger partial charge is 0.392 e. The highest BCUT2D eigenvalue weighted by molar-refractivity contribution is 8.22. The van der Waals surface area contributed by atoms with Crippen molar-refractivity contribution in [3.63, 3.8) is 0 Å². The number of hydrogen-bond acceptors (Lipinski definition) is 3. The Balaban J connectivity index is 4.94. The number of hydrogen-bond donors (Lipinski definition) is 1. The molecular weight excluding hydrogens is 224 g/mol. The molecule has 0 aromatic carbocycles. The van der Waals surface area contributed by atoms with E-state index in [9.17, 15) is 5.11 Å². The third kappa shape index (κ3) is 4.25. The van der Waals surface area contributed by atoms with Crippen molar-refractivity contribution >= 4 is 28.2 Å². The van der Waals surface area contributed by atoms with Crippen molar-refractivity contribution in [3.8, 4) is 0 Å². The molecule has 0 unspecified atom stereocenters. The molecular formula is C12H22OS2. The predicted octanol–water partition coefficient (Wildman–Crippen LogP) is 3.52. The molecule has 0 aliphatic heterocycles. The van der Waals surface area contributed by atoms with Crippen LogP contribution in [-0.4, -0.2) is 21.7 Å². The van der Waals surface area contributed by atoms with E-state index < -0.39 is 6.10 Å². The van der Waals surface area contributed by atoms with Crippen molar-refractivity contribution in [3.05, 3.63) is 12.7 Å². The normalized spacial score (nSPS) is 18.0. The van der Waals surface area contributed by atoms with Gasteiger partial charge in [-0.3, -0.25) is 0 Å². The quantitative estimate of drug-likeness (QED) is 0.605. The zero-order valence-corrected chi connectivity index (χ0v) is 11.9. The van der Waals surface area contributed by atoms with Crippen molar-refractivity contribution in [1.29, 1.82) is 0 Å². The Morgan fingerprint density at radius 1 is 1.47 bits per heavy atom. The number of allylic oxidation sites excluding steroid dienone is 1. The van der Waals surface area contributed by atoms with Crippen molar-refractivity contribution < 1.29 is 5.11 Å². The molecule has 15 heavy (non-hydrogen) atoms. The summed E-state index contributed by atoms with van der Waals surface area (Å²) in [6.07, 6.45) is 3.40. The molecule has 0 fully saturated rings. The highest BCUT2D eigenvalue weighted by Crippen LogP contribution is 2.33. The SMILES string of the molecule is C=C[C@@H](C)[C@@H](C(=S)SC)[C@H](O)C(C)(C)C. The fourth-order valence-electron chi connectivity index (χ4n) is 1.45. The number of thioether (sulfide) groups is 1. The molecule has 0 radical (unpaired) electrons. The molecule has 3 heteroatoms. The van der Waals surface area contributed by atoms with Crippen molar-refractivity contribution in [2.75, 3.05) is 6.26 Å². The summed E-state index contributed by atoms with van der Waals surface area (Å²) >= 11 is 6.86. The van der Waals surface area contributed by atoms with E-state index in [0.29, 0.717) is 0 Å². The van der Waals surface area contributed by atoms with E-state index in [-0.39, 0.29) is 17.3 Å². The maximum atomic E-state index is 10.3. The topological polar surface area (TPSA) is 20.2 Å². The maximum Gasteiger partial charge on any atom is 0.0675 e. The maximum absolute atomic E-state index is 10.3. The van der Waals surface area contributed by atoms with Gasteiger partial charge in [-0.15, -0.1) is 18.3 Å². The standard InChI is InChI=1S/C12H22OS2/c1-7-8(2)9(11(14)15-6)10(13)12(3,4)5/h7-10,13H,1H2,2-6H3/t8-,9-,10+/m1/s1. The van der Waals surface area contributed by atoms with Gasteiger partial charge in [0.2, 0.25) is 0 Å². The minimum Gasteiger partial charge on any atom is -0.392 e. The lowest BCUT2D eigenvalue weighted by atomic mass is 9.77. The lowest BCUT2D eigenvalue weighted by Gasteiger charge is -2.35. The Morgan fingerprint density at radius 3 is 2.20 bits per heavy atom. The molecule has 0 aromatic heterocycles. The Hall–Kier alpha value is 0.140. The summed E-state index contributed by atoms with van der Waals surface area (Å²) in [7, 11) is 0. The summed E-state index contributed by atoms with van der Waals surface area (Å²) in [6.45, 7) is 11.9. The zero-order chi connectivity index (χ0) is 12.2. The Labute approximate surface area is 103 Å². The Kier molecular flexibility index (Phi) is 6.08. The van der Waals surface area contributed by atoms with Crippen molar-refractivity contribution in [2.24, 2.45) is 17.3 Å². The molecule has 0 saturated heterocycles. The van der Waals surface area contributed by atoms with Gasteiger partial charge in [-0.1, -0.05) is 46.0 Å². The number of aliphatic hydroxyl groups excluding tert-OH is 1. The first kappa shape index (κ1) is 15.1. The summed E-state index contributed by atoms with van der Waals surface area (Å²) < 4.78 is 0.866. The summed E-state index contributed by atoms with van der Waals surface area (Å²) in [5.74, 6) is 0.215. The molecule has 0 bridgehead atoms. The first-order valence-electron chi connectivity index (χ1n) is 5.14. The minimum absolute atomic E-state index is 0.00694. The molecule has 3 atom stereocenters. The van der Waals surface area contributed by atoms with Gasteiger partial charge < -0.3 is 5.11 Å². The van der Waals surface area contributed by atoms with Gasteiger partial charge in [0.05, 0.1) is 10.3 Å². The van der Waals surface area contributed by atoms with E-state index in [1.165, 1.54) is 0 Å². The van der Waals surface area contributed by atoms with Gasteiger partial charge in [-0.05, 0) is 17.6 Å². The minimum atomic E-state index is -0.426. The lowest BCUT2D eigenvalue weighted by molar-refractivity contribution is 0.0256. The van der Waals surface area contributed by atoms with Crippen LogP contribution in [0.2, 0.25) is 0 Å². The van der Waals surface area contributed by atoms with E-state index in [1.54, 1.807) is 11.8 Å². The second-order valence-electron chi connectivity index (χ2n) is 4.95. The third-order valence-electron chi connectivity index (χ3n) is 2.64. The van der Waals surface area contributed by atoms with Crippen LogP contribution in [0.4, 0.5) is 0 Å². The summed E-state index contributed by atoms with van der Waals surface area (Å²) in [5, 5.41) is 10.3. The average Bonchev–Trinajstić information content (AvgIpc) is 2.15. The van der Waals surface area contributed by atoms with Crippen LogP contribution in [-0.2, 0) is 0 Å². The Bertz CT molecular complexity index is 230. The third-order valence-corrected chi connectivity index (χ3v) is 4.09.